The predicted octanol–water partition coefficient (Wildman–Crippen LogP) is 5.95. The number of carbonyl (C=O) groups excluding carboxylic acids is 2. The molecule has 1 aliphatic rings. The van der Waals surface area contributed by atoms with Gasteiger partial charge in [0.15, 0.2) is 14.9 Å². The number of hydrogen-bond acceptors (Lipinski definition) is 6. The standard InChI is InChI=1S/C28H30Cl2N4O5S/c1-28(2,3)39-27(36)34-21-8-7-19(29)16-20(21)25(30)26(34)40(37,38)15-11-24(35)32-13-9-18(10-14-32)22-17-31-23-6-4-5-12-33(22)23/h4-8,12,16-18H,9-11,13-15H2,1-3H3. The van der Waals surface area contributed by atoms with Crippen LogP contribution < -0.4 is 0 Å². The summed E-state index contributed by atoms with van der Waals surface area (Å²) in [6.45, 7) is 6.07. The van der Waals surface area contributed by atoms with E-state index in [0.717, 1.165) is 28.7 Å². The Morgan fingerprint density at radius 3 is 2.52 bits per heavy atom. The van der Waals surface area contributed by atoms with Crippen molar-refractivity contribution >= 4 is 61.6 Å². The molecule has 0 atom stereocenters. The summed E-state index contributed by atoms with van der Waals surface area (Å²) in [7, 11) is -4.17. The highest BCUT2D eigenvalue weighted by Gasteiger charge is 2.34. The van der Waals surface area contributed by atoms with E-state index in [4.69, 9.17) is 27.9 Å². The largest absolute Gasteiger partial charge is 0.443 e. The third-order valence-electron chi connectivity index (χ3n) is 6.99. The zero-order chi connectivity index (χ0) is 28.8. The van der Waals surface area contributed by atoms with Crippen LogP contribution in [-0.4, -0.2) is 63.7 Å². The number of ether oxygens (including phenoxy) is 1. The lowest BCUT2D eigenvalue weighted by atomic mass is 9.93. The minimum absolute atomic E-state index is 0.135. The maximum atomic E-state index is 13.6. The molecule has 5 rings (SSSR count). The molecule has 1 saturated heterocycles. The van der Waals surface area contributed by atoms with Gasteiger partial charge in [-0.2, -0.15) is 0 Å². The normalized spacial score (nSPS) is 15.2. The summed E-state index contributed by atoms with van der Waals surface area (Å²) in [6, 6.07) is 10.4. The second-order valence-electron chi connectivity index (χ2n) is 10.9. The van der Waals surface area contributed by atoms with Gasteiger partial charge in [-0.25, -0.2) is 22.8 Å². The molecule has 4 heterocycles. The average molecular weight is 606 g/mol. The van der Waals surface area contributed by atoms with E-state index in [1.165, 1.54) is 18.2 Å². The summed E-state index contributed by atoms with van der Waals surface area (Å²) in [5, 5.41) is 0.103. The molecule has 3 aromatic heterocycles. The first-order chi connectivity index (χ1) is 18.9. The highest BCUT2D eigenvalue weighted by molar-refractivity contribution is 7.91. The molecule has 40 heavy (non-hydrogen) atoms. The highest BCUT2D eigenvalue weighted by atomic mass is 35.5. The molecule has 0 radical (unpaired) electrons. The molecule has 0 unspecified atom stereocenters. The van der Waals surface area contributed by atoms with Crippen molar-refractivity contribution in [1.29, 1.82) is 0 Å². The lowest BCUT2D eigenvalue weighted by Gasteiger charge is -2.32. The van der Waals surface area contributed by atoms with Gasteiger partial charge in [-0.1, -0.05) is 29.3 Å². The van der Waals surface area contributed by atoms with Gasteiger partial charge >= 0.3 is 6.09 Å². The number of amides is 1. The number of sulfone groups is 1. The molecule has 0 aliphatic carbocycles. The van der Waals surface area contributed by atoms with Crippen molar-refractivity contribution in [1.82, 2.24) is 18.9 Å². The number of benzene rings is 1. The van der Waals surface area contributed by atoms with E-state index < -0.39 is 32.3 Å². The van der Waals surface area contributed by atoms with E-state index in [1.54, 1.807) is 25.7 Å². The predicted molar refractivity (Wildman–Crippen MR) is 154 cm³/mol. The van der Waals surface area contributed by atoms with Crippen molar-refractivity contribution < 1.29 is 22.7 Å². The van der Waals surface area contributed by atoms with Gasteiger partial charge in [-0.3, -0.25) is 4.79 Å². The van der Waals surface area contributed by atoms with Crippen LogP contribution in [0.25, 0.3) is 16.6 Å². The van der Waals surface area contributed by atoms with Gasteiger partial charge < -0.3 is 14.0 Å². The van der Waals surface area contributed by atoms with Crippen LogP contribution in [0.1, 0.15) is 51.6 Å². The quantitative estimate of drug-likeness (QED) is 0.279. The molecule has 9 nitrogen and oxygen atoms in total. The summed E-state index contributed by atoms with van der Waals surface area (Å²) in [6.07, 6.45) is 4.24. The molecular formula is C28H30Cl2N4O5S. The number of piperidine rings is 1. The molecule has 1 aromatic carbocycles. The second kappa shape index (κ2) is 10.7. The van der Waals surface area contributed by atoms with Gasteiger partial charge in [-0.15, -0.1) is 0 Å². The molecule has 0 N–H and O–H groups in total. The first-order valence-electron chi connectivity index (χ1n) is 13.0. The van der Waals surface area contributed by atoms with Crippen molar-refractivity contribution in [3.63, 3.8) is 0 Å². The van der Waals surface area contributed by atoms with Crippen LogP contribution in [0.5, 0.6) is 0 Å². The zero-order valence-electron chi connectivity index (χ0n) is 22.4. The molecule has 1 fully saturated rings. The SMILES string of the molecule is CC(C)(C)OC(=O)n1c(S(=O)(=O)CCC(=O)N2CCC(c3cnc4ccccn34)CC2)c(Cl)c2cc(Cl)ccc21. The van der Waals surface area contributed by atoms with Crippen molar-refractivity contribution in [3.8, 4) is 0 Å². The molecule has 12 heteroatoms. The third-order valence-corrected chi connectivity index (χ3v) is 9.44. The molecule has 212 valence electrons. The van der Waals surface area contributed by atoms with Crippen molar-refractivity contribution in [3.05, 3.63) is 64.5 Å². The van der Waals surface area contributed by atoms with Crippen LogP contribution in [-0.2, 0) is 19.4 Å². The van der Waals surface area contributed by atoms with E-state index in [1.807, 2.05) is 30.6 Å². The average Bonchev–Trinajstić information content (AvgIpc) is 3.46. The van der Waals surface area contributed by atoms with Gasteiger partial charge in [0.2, 0.25) is 5.91 Å². The number of pyridine rings is 1. The summed E-state index contributed by atoms with van der Waals surface area (Å²) in [5.74, 6) is -0.523. The Hall–Kier alpha value is -3.08. The van der Waals surface area contributed by atoms with Crippen molar-refractivity contribution in [2.24, 2.45) is 0 Å². The van der Waals surface area contributed by atoms with E-state index >= 15 is 0 Å². The zero-order valence-corrected chi connectivity index (χ0v) is 24.8. The number of imidazole rings is 1. The Morgan fingerprint density at radius 1 is 1.10 bits per heavy atom. The third kappa shape index (κ3) is 5.57. The Morgan fingerprint density at radius 2 is 1.82 bits per heavy atom. The summed E-state index contributed by atoms with van der Waals surface area (Å²) in [4.78, 5) is 32.4. The van der Waals surface area contributed by atoms with Crippen LogP contribution in [0.4, 0.5) is 4.79 Å². The van der Waals surface area contributed by atoms with Crippen LogP contribution in [0.3, 0.4) is 0 Å². The van der Waals surface area contributed by atoms with Crippen LogP contribution in [0.2, 0.25) is 10.0 Å². The maximum absolute atomic E-state index is 13.6. The first-order valence-corrected chi connectivity index (χ1v) is 15.4. The number of aromatic nitrogens is 3. The Kier molecular flexibility index (Phi) is 7.62. The number of likely N-dealkylation sites (tertiary alicyclic amines) is 1. The number of hydrogen-bond donors (Lipinski definition) is 0. The fourth-order valence-corrected chi connectivity index (χ4v) is 7.35. The Balaban J connectivity index is 1.32. The van der Waals surface area contributed by atoms with Gasteiger partial charge in [0.05, 0.1) is 16.3 Å². The second-order valence-corrected chi connectivity index (χ2v) is 13.8. The first kappa shape index (κ1) is 28.4. The van der Waals surface area contributed by atoms with E-state index in [0.29, 0.717) is 23.5 Å². The van der Waals surface area contributed by atoms with E-state index in [2.05, 4.69) is 9.38 Å². The van der Waals surface area contributed by atoms with E-state index in [-0.39, 0.29) is 28.8 Å². The van der Waals surface area contributed by atoms with Crippen molar-refractivity contribution in [2.45, 2.75) is 56.6 Å². The summed E-state index contributed by atoms with van der Waals surface area (Å²) >= 11 is 12.7. The molecule has 0 bridgehead atoms. The van der Waals surface area contributed by atoms with Crippen LogP contribution in [0, 0.1) is 0 Å². The molecular weight excluding hydrogens is 575 g/mol. The van der Waals surface area contributed by atoms with E-state index in [9.17, 15) is 18.0 Å². The number of nitrogens with zero attached hydrogens (tertiary/aromatic N) is 4. The Bertz CT molecular complexity index is 1710. The molecule has 1 aliphatic heterocycles. The van der Waals surface area contributed by atoms with Crippen LogP contribution in [0.15, 0.2) is 53.8 Å². The monoisotopic (exact) mass is 604 g/mol. The maximum Gasteiger partial charge on any atom is 0.420 e. The lowest BCUT2D eigenvalue weighted by molar-refractivity contribution is -0.131. The molecule has 0 spiro atoms. The van der Waals surface area contributed by atoms with Gasteiger partial charge in [-0.05, 0) is 63.9 Å². The molecule has 4 aromatic rings. The minimum atomic E-state index is -4.17. The summed E-state index contributed by atoms with van der Waals surface area (Å²) < 4.78 is 35.7. The number of carbonyl (C=O) groups is 2. The lowest BCUT2D eigenvalue weighted by Crippen LogP contribution is -2.39. The summed E-state index contributed by atoms with van der Waals surface area (Å²) in [5.41, 5.74) is 1.36. The fraction of sp³-hybridized carbons (Fsp3) is 0.393. The van der Waals surface area contributed by atoms with Gasteiger partial charge in [0.25, 0.3) is 0 Å². The number of rotatable bonds is 5. The number of halogens is 2. The highest BCUT2D eigenvalue weighted by Crippen LogP contribution is 2.37. The topological polar surface area (TPSA) is 103 Å². The van der Waals surface area contributed by atoms with Gasteiger partial charge in [0, 0.05) is 53.9 Å². The Labute approximate surface area is 242 Å². The number of fused-ring (bicyclic) bond motifs is 2. The fourth-order valence-electron chi connectivity index (χ4n) is 5.12. The minimum Gasteiger partial charge on any atom is -0.443 e. The molecule has 0 saturated carbocycles. The molecule has 1 amide bonds. The van der Waals surface area contributed by atoms with Crippen molar-refractivity contribution in [2.75, 3.05) is 18.8 Å². The van der Waals surface area contributed by atoms with Gasteiger partial charge in [0.1, 0.15) is 11.2 Å². The van der Waals surface area contributed by atoms with Crippen LogP contribution >= 0.6 is 23.2 Å². The smallest absolute Gasteiger partial charge is 0.420 e.